The molecule has 2 fully saturated rings. The lowest BCUT2D eigenvalue weighted by Crippen LogP contribution is -2.45. The second kappa shape index (κ2) is 6.90. The van der Waals surface area contributed by atoms with Crippen molar-refractivity contribution in [2.75, 3.05) is 13.2 Å². The molecular weight excluding hydrogens is 252 g/mol. The molecule has 20 heavy (non-hydrogen) atoms. The van der Waals surface area contributed by atoms with Gasteiger partial charge >= 0.3 is 0 Å². The molecule has 0 unspecified atom stereocenters. The molecule has 2 aliphatic rings. The van der Waals surface area contributed by atoms with Gasteiger partial charge in [0.05, 0.1) is 12.2 Å². The monoisotopic (exact) mass is 282 g/mol. The maximum atomic E-state index is 11.6. The van der Waals surface area contributed by atoms with Gasteiger partial charge in [-0.2, -0.15) is 0 Å². The van der Waals surface area contributed by atoms with Gasteiger partial charge in [0.25, 0.3) is 0 Å². The van der Waals surface area contributed by atoms with Crippen LogP contribution >= 0.6 is 0 Å². The molecule has 0 spiro atoms. The van der Waals surface area contributed by atoms with Crippen LogP contribution < -0.4 is 11.1 Å². The summed E-state index contributed by atoms with van der Waals surface area (Å²) in [4.78, 5) is 11.6. The van der Waals surface area contributed by atoms with Gasteiger partial charge in [0.1, 0.15) is 0 Å². The molecule has 0 aromatic carbocycles. The Labute approximate surface area is 122 Å². The number of ether oxygens (including phenoxy) is 1. The highest BCUT2D eigenvalue weighted by atomic mass is 16.5. The molecule has 3 N–H and O–H groups in total. The lowest BCUT2D eigenvalue weighted by molar-refractivity contribution is -0.125. The first-order valence-corrected chi connectivity index (χ1v) is 8.18. The molecular formula is C16H30N2O2. The van der Waals surface area contributed by atoms with Crippen LogP contribution in [0.3, 0.4) is 0 Å². The van der Waals surface area contributed by atoms with Gasteiger partial charge in [-0.25, -0.2) is 0 Å². The second-order valence-corrected chi connectivity index (χ2v) is 6.91. The van der Waals surface area contributed by atoms with Crippen LogP contribution in [-0.2, 0) is 9.53 Å². The Morgan fingerprint density at radius 2 is 1.95 bits per heavy atom. The summed E-state index contributed by atoms with van der Waals surface area (Å²) >= 11 is 0. The number of carbonyl (C=O) groups excluding carboxylic acids is 1. The zero-order valence-electron chi connectivity index (χ0n) is 13.0. The van der Waals surface area contributed by atoms with Crippen molar-refractivity contribution >= 4 is 5.91 Å². The van der Waals surface area contributed by atoms with Gasteiger partial charge in [-0.3, -0.25) is 4.79 Å². The van der Waals surface area contributed by atoms with Crippen LogP contribution in [0.2, 0.25) is 0 Å². The zero-order valence-corrected chi connectivity index (χ0v) is 13.0. The number of rotatable bonds is 7. The second-order valence-electron chi connectivity index (χ2n) is 6.91. The molecule has 0 aromatic rings. The minimum absolute atomic E-state index is 0.121. The third-order valence-electron chi connectivity index (χ3n) is 4.94. The Kier molecular flexibility index (Phi) is 5.44. The SMILES string of the molecule is CC(C)C1CCC(CN)(OCCC(=O)NC2CC2)CC1. The fraction of sp³-hybridized carbons (Fsp3) is 0.938. The Balaban J connectivity index is 1.70. The van der Waals surface area contributed by atoms with Gasteiger partial charge in [0.15, 0.2) is 0 Å². The summed E-state index contributed by atoms with van der Waals surface area (Å²) in [6.45, 7) is 5.66. The number of nitrogens with two attached hydrogens (primary N) is 1. The predicted molar refractivity (Wildman–Crippen MR) is 80.3 cm³/mol. The summed E-state index contributed by atoms with van der Waals surface area (Å²) in [5, 5.41) is 2.99. The molecule has 0 radical (unpaired) electrons. The molecule has 2 rings (SSSR count). The fourth-order valence-electron chi connectivity index (χ4n) is 3.13. The maximum Gasteiger partial charge on any atom is 0.222 e. The van der Waals surface area contributed by atoms with Crippen molar-refractivity contribution in [3.8, 4) is 0 Å². The lowest BCUT2D eigenvalue weighted by atomic mass is 9.74. The molecule has 2 saturated carbocycles. The summed E-state index contributed by atoms with van der Waals surface area (Å²) in [6, 6.07) is 0.437. The highest BCUT2D eigenvalue weighted by Gasteiger charge is 2.36. The van der Waals surface area contributed by atoms with Crippen LogP contribution in [0.4, 0.5) is 0 Å². The van der Waals surface area contributed by atoms with Crippen molar-refractivity contribution in [1.82, 2.24) is 5.32 Å². The van der Waals surface area contributed by atoms with E-state index in [9.17, 15) is 4.79 Å². The fourth-order valence-corrected chi connectivity index (χ4v) is 3.13. The van der Waals surface area contributed by atoms with E-state index >= 15 is 0 Å². The molecule has 0 bridgehead atoms. The van der Waals surface area contributed by atoms with Crippen molar-refractivity contribution in [2.45, 2.75) is 70.4 Å². The summed E-state index contributed by atoms with van der Waals surface area (Å²) in [6.07, 6.45) is 7.21. The van der Waals surface area contributed by atoms with E-state index in [2.05, 4.69) is 19.2 Å². The summed E-state index contributed by atoms with van der Waals surface area (Å²) < 4.78 is 6.03. The third-order valence-corrected chi connectivity index (χ3v) is 4.94. The van der Waals surface area contributed by atoms with Crippen LogP contribution in [0.25, 0.3) is 0 Å². The third kappa shape index (κ3) is 4.45. The number of hydrogen-bond donors (Lipinski definition) is 2. The number of nitrogens with one attached hydrogen (secondary N) is 1. The normalized spacial score (nSPS) is 30.5. The standard InChI is InChI=1S/C16H30N2O2/c1-12(2)13-5-8-16(11-17,9-6-13)20-10-7-15(19)18-14-3-4-14/h12-14H,3-11,17H2,1-2H3,(H,18,19). The molecule has 0 atom stereocenters. The summed E-state index contributed by atoms with van der Waals surface area (Å²) in [7, 11) is 0. The quantitative estimate of drug-likeness (QED) is 0.752. The van der Waals surface area contributed by atoms with Crippen molar-refractivity contribution < 1.29 is 9.53 Å². The molecule has 4 heteroatoms. The van der Waals surface area contributed by atoms with Crippen LogP contribution in [-0.4, -0.2) is 30.7 Å². The predicted octanol–water partition coefficient (Wildman–Crippen LogP) is 2.22. The first kappa shape index (κ1) is 15.8. The van der Waals surface area contributed by atoms with E-state index in [4.69, 9.17) is 10.5 Å². The maximum absolute atomic E-state index is 11.6. The van der Waals surface area contributed by atoms with E-state index in [1.54, 1.807) is 0 Å². The average Bonchev–Trinajstić information content (AvgIpc) is 3.23. The molecule has 0 heterocycles. The Morgan fingerprint density at radius 3 is 2.45 bits per heavy atom. The minimum Gasteiger partial charge on any atom is -0.373 e. The lowest BCUT2D eigenvalue weighted by Gasteiger charge is -2.40. The van der Waals surface area contributed by atoms with E-state index in [0.717, 1.165) is 37.5 Å². The van der Waals surface area contributed by atoms with Gasteiger partial charge in [-0.15, -0.1) is 0 Å². The minimum atomic E-state index is -0.175. The largest absolute Gasteiger partial charge is 0.373 e. The first-order chi connectivity index (χ1) is 9.54. The summed E-state index contributed by atoms with van der Waals surface area (Å²) in [5.41, 5.74) is 5.77. The molecule has 1 amide bonds. The molecule has 0 saturated heterocycles. The van der Waals surface area contributed by atoms with Crippen molar-refractivity contribution in [3.05, 3.63) is 0 Å². The molecule has 2 aliphatic carbocycles. The average molecular weight is 282 g/mol. The van der Waals surface area contributed by atoms with Crippen molar-refractivity contribution in [3.63, 3.8) is 0 Å². The van der Waals surface area contributed by atoms with Crippen LogP contribution in [0.15, 0.2) is 0 Å². The zero-order chi connectivity index (χ0) is 14.6. The molecule has 4 nitrogen and oxygen atoms in total. The Bertz CT molecular complexity index is 318. The smallest absolute Gasteiger partial charge is 0.222 e. The molecule has 0 aromatic heterocycles. The Morgan fingerprint density at radius 1 is 1.30 bits per heavy atom. The van der Waals surface area contributed by atoms with Crippen LogP contribution in [0, 0.1) is 11.8 Å². The van der Waals surface area contributed by atoms with Crippen molar-refractivity contribution in [1.29, 1.82) is 0 Å². The highest BCUT2D eigenvalue weighted by Crippen LogP contribution is 2.37. The molecule has 0 aliphatic heterocycles. The van der Waals surface area contributed by atoms with Gasteiger partial charge in [0, 0.05) is 19.0 Å². The van der Waals surface area contributed by atoms with Crippen LogP contribution in [0.1, 0.15) is 58.8 Å². The topological polar surface area (TPSA) is 64.3 Å². The van der Waals surface area contributed by atoms with Crippen LogP contribution in [0.5, 0.6) is 0 Å². The molecule has 116 valence electrons. The number of carbonyl (C=O) groups is 1. The number of hydrogen-bond acceptors (Lipinski definition) is 3. The number of amides is 1. The Hall–Kier alpha value is -0.610. The van der Waals surface area contributed by atoms with E-state index in [1.165, 1.54) is 12.8 Å². The highest BCUT2D eigenvalue weighted by molar-refractivity contribution is 5.76. The van der Waals surface area contributed by atoms with E-state index < -0.39 is 0 Å². The first-order valence-electron chi connectivity index (χ1n) is 8.18. The van der Waals surface area contributed by atoms with Gasteiger partial charge in [0.2, 0.25) is 5.91 Å². The van der Waals surface area contributed by atoms with Gasteiger partial charge in [-0.1, -0.05) is 13.8 Å². The van der Waals surface area contributed by atoms with Gasteiger partial charge in [-0.05, 0) is 50.4 Å². The summed E-state index contributed by atoms with van der Waals surface area (Å²) in [5.74, 6) is 1.67. The van der Waals surface area contributed by atoms with E-state index in [0.29, 0.717) is 25.6 Å². The van der Waals surface area contributed by atoms with E-state index in [1.807, 2.05) is 0 Å². The van der Waals surface area contributed by atoms with Crippen molar-refractivity contribution in [2.24, 2.45) is 17.6 Å². The van der Waals surface area contributed by atoms with E-state index in [-0.39, 0.29) is 11.5 Å². The van der Waals surface area contributed by atoms with Gasteiger partial charge < -0.3 is 15.8 Å².